The molecule has 0 aliphatic carbocycles. The first kappa shape index (κ1) is 14.5. The predicted molar refractivity (Wildman–Crippen MR) is 70.0 cm³/mol. The summed E-state index contributed by atoms with van der Waals surface area (Å²) in [5.74, 6) is -0.800. The number of carboxylic acids is 1. The third-order valence-electron chi connectivity index (χ3n) is 3.47. The van der Waals surface area contributed by atoms with Gasteiger partial charge in [-0.3, -0.25) is 4.79 Å². The van der Waals surface area contributed by atoms with E-state index in [-0.39, 0.29) is 16.9 Å². The maximum Gasteiger partial charge on any atom is 0.352 e. The summed E-state index contributed by atoms with van der Waals surface area (Å²) in [5.41, 5.74) is 0.723. The maximum atomic E-state index is 11.3. The molecule has 0 aromatic carbocycles. The van der Waals surface area contributed by atoms with Crippen molar-refractivity contribution in [3.05, 3.63) is 23.5 Å². The van der Waals surface area contributed by atoms with Crippen molar-refractivity contribution >= 4 is 11.8 Å². The summed E-state index contributed by atoms with van der Waals surface area (Å²) in [4.78, 5) is 22.5. The normalized spacial score (nSPS) is 13.4. The van der Waals surface area contributed by atoms with Crippen LogP contribution in [0, 0.1) is 11.3 Å². The van der Waals surface area contributed by atoms with Crippen molar-refractivity contribution in [2.75, 3.05) is 0 Å². The van der Waals surface area contributed by atoms with Crippen LogP contribution in [0.15, 0.2) is 12.3 Å². The summed E-state index contributed by atoms with van der Waals surface area (Å²) < 4.78 is 1.66. The van der Waals surface area contributed by atoms with Crippen LogP contribution in [-0.4, -0.2) is 21.4 Å². The van der Waals surface area contributed by atoms with E-state index in [4.69, 9.17) is 5.11 Å². The summed E-state index contributed by atoms with van der Waals surface area (Å²) in [5, 5.41) is 9.14. The molecule has 4 heteroatoms. The number of aromatic nitrogens is 1. The van der Waals surface area contributed by atoms with Gasteiger partial charge in [-0.1, -0.05) is 27.7 Å². The van der Waals surface area contributed by atoms with Crippen LogP contribution in [0.4, 0.5) is 0 Å². The molecule has 0 radical (unpaired) electrons. The Labute approximate surface area is 108 Å². The van der Waals surface area contributed by atoms with Gasteiger partial charge >= 0.3 is 5.97 Å². The Morgan fingerprint density at radius 3 is 2.33 bits per heavy atom. The first-order chi connectivity index (χ1) is 8.12. The SMILES string of the molecule is CC(=O)c1cc(C(=O)O)n(CC(C)C(C)(C)C)c1. The van der Waals surface area contributed by atoms with Crippen LogP contribution in [0.3, 0.4) is 0 Å². The molecule has 1 N–H and O–H groups in total. The van der Waals surface area contributed by atoms with Gasteiger partial charge in [-0.15, -0.1) is 0 Å². The van der Waals surface area contributed by atoms with Gasteiger partial charge in [0.15, 0.2) is 5.78 Å². The third kappa shape index (κ3) is 3.22. The average molecular weight is 251 g/mol. The quantitative estimate of drug-likeness (QED) is 0.836. The number of carboxylic acid groups (broad SMARTS) is 1. The van der Waals surface area contributed by atoms with E-state index in [1.807, 2.05) is 0 Å². The van der Waals surface area contributed by atoms with Crippen molar-refractivity contribution in [1.29, 1.82) is 0 Å². The molecule has 4 nitrogen and oxygen atoms in total. The summed E-state index contributed by atoms with van der Waals surface area (Å²) in [7, 11) is 0. The highest BCUT2D eigenvalue weighted by molar-refractivity contribution is 5.97. The second-order valence-electron chi connectivity index (χ2n) is 5.89. The molecule has 1 atom stereocenters. The van der Waals surface area contributed by atoms with Gasteiger partial charge in [-0.25, -0.2) is 4.79 Å². The fourth-order valence-corrected chi connectivity index (χ4v) is 1.60. The Morgan fingerprint density at radius 1 is 1.39 bits per heavy atom. The standard InChI is InChI=1S/C14H21NO3/c1-9(14(3,4)5)7-15-8-11(10(2)16)6-12(15)13(17)18/h6,8-9H,7H2,1-5H3,(H,17,18). The number of hydrogen-bond donors (Lipinski definition) is 1. The molecule has 0 saturated heterocycles. The lowest BCUT2D eigenvalue weighted by Crippen LogP contribution is -2.23. The molecule has 0 aliphatic heterocycles. The Morgan fingerprint density at radius 2 is 1.94 bits per heavy atom. The molecule has 1 unspecified atom stereocenters. The molecular weight excluding hydrogens is 230 g/mol. The molecule has 0 aliphatic rings. The van der Waals surface area contributed by atoms with Crippen molar-refractivity contribution in [1.82, 2.24) is 4.57 Å². The Bertz CT molecular complexity index is 466. The largest absolute Gasteiger partial charge is 0.477 e. The number of hydrogen-bond acceptors (Lipinski definition) is 2. The second kappa shape index (κ2) is 4.96. The van der Waals surface area contributed by atoms with Gasteiger partial charge in [-0.2, -0.15) is 0 Å². The number of rotatable bonds is 4. The highest BCUT2D eigenvalue weighted by atomic mass is 16.4. The van der Waals surface area contributed by atoms with E-state index in [0.29, 0.717) is 18.0 Å². The van der Waals surface area contributed by atoms with Gasteiger partial charge in [0.1, 0.15) is 5.69 Å². The molecular formula is C14H21NO3. The van der Waals surface area contributed by atoms with Crippen molar-refractivity contribution in [2.24, 2.45) is 11.3 Å². The van der Waals surface area contributed by atoms with Crippen LogP contribution in [0.1, 0.15) is 55.5 Å². The van der Waals surface area contributed by atoms with E-state index in [2.05, 4.69) is 27.7 Å². The Kier molecular flexibility index (Phi) is 3.99. The van der Waals surface area contributed by atoms with Gasteiger partial charge in [0.2, 0.25) is 0 Å². The minimum Gasteiger partial charge on any atom is -0.477 e. The van der Waals surface area contributed by atoms with Crippen molar-refractivity contribution in [3.63, 3.8) is 0 Å². The van der Waals surface area contributed by atoms with Gasteiger partial charge in [0.05, 0.1) is 0 Å². The van der Waals surface area contributed by atoms with Crippen molar-refractivity contribution in [3.8, 4) is 0 Å². The van der Waals surface area contributed by atoms with Crippen LogP contribution >= 0.6 is 0 Å². The zero-order chi connectivity index (χ0) is 14.1. The lowest BCUT2D eigenvalue weighted by Gasteiger charge is -2.28. The van der Waals surface area contributed by atoms with E-state index >= 15 is 0 Å². The van der Waals surface area contributed by atoms with Crippen molar-refractivity contribution < 1.29 is 14.7 Å². The molecule has 0 fully saturated rings. The average Bonchev–Trinajstić information content (AvgIpc) is 2.60. The zero-order valence-corrected chi connectivity index (χ0v) is 11.7. The number of carbonyl (C=O) groups excluding carboxylic acids is 1. The van der Waals surface area contributed by atoms with Crippen LogP contribution in [0.2, 0.25) is 0 Å². The maximum absolute atomic E-state index is 11.3. The van der Waals surface area contributed by atoms with Crippen LogP contribution in [0.25, 0.3) is 0 Å². The molecule has 0 saturated carbocycles. The van der Waals surface area contributed by atoms with E-state index in [9.17, 15) is 9.59 Å². The molecule has 1 aromatic rings. The smallest absolute Gasteiger partial charge is 0.352 e. The molecule has 0 amide bonds. The number of aromatic carboxylic acids is 1. The number of nitrogens with zero attached hydrogens (tertiary/aromatic N) is 1. The third-order valence-corrected chi connectivity index (χ3v) is 3.47. The highest BCUT2D eigenvalue weighted by Crippen LogP contribution is 2.27. The Hall–Kier alpha value is -1.58. The zero-order valence-electron chi connectivity index (χ0n) is 11.7. The lowest BCUT2D eigenvalue weighted by molar-refractivity contribution is 0.0681. The monoisotopic (exact) mass is 251 g/mol. The lowest BCUT2D eigenvalue weighted by atomic mass is 9.82. The number of Topliss-reactive ketones (excluding diaryl/α,β-unsaturated/α-hetero) is 1. The fraction of sp³-hybridized carbons (Fsp3) is 0.571. The van der Waals surface area contributed by atoms with Crippen LogP contribution in [0.5, 0.6) is 0 Å². The topological polar surface area (TPSA) is 59.3 Å². The Balaban J connectivity index is 3.08. The van der Waals surface area contributed by atoms with E-state index in [0.717, 1.165) is 0 Å². The number of ketones is 1. The van der Waals surface area contributed by atoms with Crippen molar-refractivity contribution in [2.45, 2.75) is 41.2 Å². The summed E-state index contributed by atoms with van der Waals surface area (Å²) in [6.07, 6.45) is 1.63. The fourth-order valence-electron chi connectivity index (χ4n) is 1.60. The summed E-state index contributed by atoms with van der Waals surface area (Å²) >= 11 is 0. The molecule has 1 rings (SSSR count). The van der Waals surface area contributed by atoms with Gasteiger partial charge in [0, 0.05) is 18.3 Å². The van der Waals surface area contributed by atoms with Gasteiger partial charge in [0.25, 0.3) is 0 Å². The predicted octanol–water partition coefficient (Wildman–Crippen LogP) is 3.07. The first-order valence-corrected chi connectivity index (χ1v) is 6.07. The van der Waals surface area contributed by atoms with E-state index < -0.39 is 5.97 Å². The molecule has 1 heterocycles. The molecule has 100 valence electrons. The summed E-state index contributed by atoms with van der Waals surface area (Å²) in [6, 6.07) is 1.44. The summed E-state index contributed by atoms with van der Waals surface area (Å²) in [6.45, 7) is 10.5. The second-order valence-corrected chi connectivity index (χ2v) is 5.89. The van der Waals surface area contributed by atoms with Crippen LogP contribution < -0.4 is 0 Å². The van der Waals surface area contributed by atoms with Gasteiger partial charge in [-0.05, 0) is 24.3 Å². The minimum absolute atomic E-state index is 0.0937. The first-order valence-electron chi connectivity index (χ1n) is 6.07. The molecule has 18 heavy (non-hydrogen) atoms. The molecule has 1 aromatic heterocycles. The van der Waals surface area contributed by atoms with Gasteiger partial charge < -0.3 is 9.67 Å². The number of carbonyl (C=O) groups is 2. The van der Waals surface area contributed by atoms with Crippen LogP contribution in [-0.2, 0) is 6.54 Å². The van der Waals surface area contributed by atoms with E-state index in [1.165, 1.54) is 13.0 Å². The molecule has 0 spiro atoms. The molecule has 0 bridgehead atoms. The minimum atomic E-state index is -0.997. The highest BCUT2D eigenvalue weighted by Gasteiger charge is 2.23. The van der Waals surface area contributed by atoms with E-state index in [1.54, 1.807) is 10.8 Å².